The number of imide groups is 1. The Labute approximate surface area is 200 Å². The third-order valence-corrected chi connectivity index (χ3v) is 8.62. The normalized spacial score (nSPS) is 31.9. The average molecular weight is 458 g/mol. The van der Waals surface area contributed by atoms with Gasteiger partial charge in [0, 0.05) is 18.9 Å². The van der Waals surface area contributed by atoms with Crippen LogP contribution in [0.15, 0.2) is 48.8 Å². The summed E-state index contributed by atoms with van der Waals surface area (Å²) < 4.78 is 0. The molecule has 34 heavy (non-hydrogen) atoms. The lowest BCUT2D eigenvalue weighted by atomic mass is 9.49. The van der Waals surface area contributed by atoms with E-state index in [2.05, 4.69) is 4.98 Å². The number of aromatic nitrogens is 1. The number of nitrogens with zero attached hydrogens (tertiary/aromatic N) is 3. The molecule has 0 spiro atoms. The first-order chi connectivity index (χ1) is 16.4. The first-order valence-electron chi connectivity index (χ1n) is 12.6. The molecule has 5 fully saturated rings. The van der Waals surface area contributed by atoms with Gasteiger partial charge in [0.15, 0.2) is 0 Å². The minimum Gasteiger partial charge on any atom is -0.325 e. The Hall–Kier alpha value is -3.02. The molecule has 176 valence electrons. The molecule has 6 heteroatoms. The van der Waals surface area contributed by atoms with E-state index in [1.54, 1.807) is 29.4 Å². The highest BCUT2D eigenvalue weighted by Gasteiger charge is 2.57. The molecular formula is C28H31N3O3. The minimum atomic E-state index is -0.769. The van der Waals surface area contributed by atoms with Gasteiger partial charge in [0.2, 0.25) is 11.8 Å². The number of amides is 3. The van der Waals surface area contributed by atoms with E-state index in [9.17, 15) is 14.4 Å². The van der Waals surface area contributed by atoms with Crippen LogP contribution in [0.5, 0.6) is 0 Å². The molecule has 3 amide bonds. The Morgan fingerprint density at radius 2 is 1.68 bits per heavy atom. The van der Waals surface area contributed by atoms with E-state index in [-0.39, 0.29) is 29.6 Å². The van der Waals surface area contributed by atoms with Gasteiger partial charge in [0.05, 0.1) is 17.5 Å². The zero-order valence-corrected chi connectivity index (χ0v) is 19.7. The van der Waals surface area contributed by atoms with E-state index in [0.717, 1.165) is 30.4 Å². The van der Waals surface area contributed by atoms with Gasteiger partial charge in [-0.3, -0.25) is 19.4 Å². The van der Waals surface area contributed by atoms with Crippen molar-refractivity contribution in [2.75, 3.05) is 4.90 Å². The number of carbonyl (C=O) groups is 3. The van der Waals surface area contributed by atoms with Crippen LogP contribution in [0.4, 0.5) is 5.69 Å². The SMILES string of the molecule is Cc1ccc(N2C(=O)CC(N(Cc3cccnc3)C(=O)C34CC5CC(CC(C5)C3)C4)C2=O)cc1. The fourth-order valence-corrected chi connectivity index (χ4v) is 7.51. The maximum Gasteiger partial charge on any atom is 0.257 e. The van der Waals surface area contributed by atoms with Crippen LogP contribution >= 0.6 is 0 Å². The highest BCUT2D eigenvalue weighted by atomic mass is 16.2. The lowest BCUT2D eigenvalue weighted by Crippen LogP contribution is -2.57. The van der Waals surface area contributed by atoms with Crippen molar-refractivity contribution in [2.24, 2.45) is 23.2 Å². The highest BCUT2D eigenvalue weighted by molar-refractivity contribution is 6.23. The molecule has 5 aliphatic rings. The van der Waals surface area contributed by atoms with Crippen LogP contribution in [0.2, 0.25) is 0 Å². The third-order valence-electron chi connectivity index (χ3n) is 8.62. The van der Waals surface area contributed by atoms with Gasteiger partial charge in [-0.1, -0.05) is 23.8 Å². The highest BCUT2D eigenvalue weighted by Crippen LogP contribution is 2.60. The van der Waals surface area contributed by atoms with Gasteiger partial charge in [0.25, 0.3) is 5.91 Å². The van der Waals surface area contributed by atoms with Gasteiger partial charge in [-0.15, -0.1) is 0 Å². The summed E-state index contributed by atoms with van der Waals surface area (Å²) in [6.07, 6.45) is 10.0. The summed E-state index contributed by atoms with van der Waals surface area (Å²) in [5.74, 6) is 1.41. The fourth-order valence-electron chi connectivity index (χ4n) is 7.51. The van der Waals surface area contributed by atoms with Crippen LogP contribution in [0.1, 0.15) is 56.1 Å². The molecule has 6 nitrogen and oxygen atoms in total. The maximum atomic E-state index is 14.4. The summed E-state index contributed by atoms with van der Waals surface area (Å²) in [5, 5.41) is 0. The van der Waals surface area contributed by atoms with Gasteiger partial charge in [-0.2, -0.15) is 0 Å². The quantitative estimate of drug-likeness (QED) is 0.629. The zero-order chi connectivity index (χ0) is 23.4. The Balaban J connectivity index is 1.34. The lowest BCUT2D eigenvalue weighted by molar-refractivity contribution is -0.162. The summed E-state index contributed by atoms with van der Waals surface area (Å²) in [6.45, 7) is 2.28. The molecule has 1 aromatic carbocycles. The first-order valence-corrected chi connectivity index (χ1v) is 12.6. The van der Waals surface area contributed by atoms with Crippen LogP contribution in [0, 0.1) is 30.1 Å². The maximum absolute atomic E-state index is 14.4. The molecule has 4 aliphatic carbocycles. The number of aryl methyl sites for hydroxylation is 1. The van der Waals surface area contributed by atoms with Crippen molar-refractivity contribution in [3.63, 3.8) is 0 Å². The minimum absolute atomic E-state index is 0.0328. The molecule has 1 aliphatic heterocycles. The molecule has 0 radical (unpaired) electrons. The summed E-state index contributed by atoms with van der Waals surface area (Å²) in [7, 11) is 0. The third kappa shape index (κ3) is 3.55. The Morgan fingerprint density at radius 1 is 1.03 bits per heavy atom. The number of hydrogen-bond acceptors (Lipinski definition) is 4. The second-order valence-corrected chi connectivity index (χ2v) is 11.1. The molecule has 1 aromatic heterocycles. The summed E-state index contributed by atoms with van der Waals surface area (Å²) in [6, 6.07) is 10.4. The molecule has 2 aromatic rings. The molecule has 2 heterocycles. The van der Waals surface area contributed by atoms with Gasteiger partial charge in [-0.05, 0) is 87.0 Å². The Kier molecular flexibility index (Phi) is 5.08. The second kappa shape index (κ2) is 8.03. The van der Waals surface area contributed by atoms with Crippen LogP contribution < -0.4 is 4.90 Å². The van der Waals surface area contributed by atoms with Crippen molar-refractivity contribution < 1.29 is 14.4 Å². The fraction of sp³-hybridized carbons (Fsp3) is 0.500. The molecule has 4 saturated carbocycles. The van der Waals surface area contributed by atoms with E-state index in [1.807, 2.05) is 31.2 Å². The van der Waals surface area contributed by atoms with Crippen molar-refractivity contribution in [2.45, 2.75) is 64.5 Å². The number of pyridine rings is 1. The molecule has 1 saturated heterocycles. The molecule has 1 unspecified atom stereocenters. The van der Waals surface area contributed by atoms with Crippen LogP contribution in [0.25, 0.3) is 0 Å². The lowest BCUT2D eigenvalue weighted by Gasteiger charge is -2.56. The molecule has 1 atom stereocenters. The van der Waals surface area contributed by atoms with Crippen molar-refractivity contribution in [3.05, 3.63) is 59.9 Å². The molecule has 4 bridgehead atoms. The average Bonchev–Trinajstić information content (AvgIpc) is 3.11. The molecular weight excluding hydrogens is 426 g/mol. The van der Waals surface area contributed by atoms with Crippen LogP contribution in [-0.2, 0) is 20.9 Å². The predicted molar refractivity (Wildman–Crippen MR) is 127 cm³/mol. The number of anilines is 1. The predicted octanol–water partition coefficient (Wildman–Crippen LogP) is 4.27. The number of hydrogen-bond donors (Lipinski definition) is 0. The molecule has 0 N–H and O–H groups in total. The number of benzene rings is 1. The van der Waals surface area contributed by atoms with Gasteiger partial charge >= 0.3 is 0 Å². The summed E-state index contributed by atoms with van der Waals surface area (Å²) in [4.78, 5) is 48.3. The van der Waals surface area contributed by atoms with Gasteiger partial charge < -0.3 is 4.90 Å². The van der Waals surface area contributed by atoms with E-state index in [4.69, 9.17) is 0 Å². The van der Waals surface area contributed by atoms with E-state index in [0.29, 0.717) is 30.0 Å². The summed E-state index contributed by atoms with van der Waals surface area (Å²) >= 11 is 0. The summed E-state index contributed by atoms with van der Waals surface area (Å²) in [5.41, 5.74) is 2.15. The van der Waals surface area contributed by atoms with Crippen LogP contribution in [-0.4, -0.2) is 33.6 Å². The van der Waals surface area contributed by atoms with Crippen molar-refractivity contribution in [1.82, 2.24) is 9.88 Å². The number of rotatable bonds is 5. The van der Waals surface area contributed by atoms with E-state index < -0.39 is 6.04 Å². The largest absolute Gasteiger partial charge is 0.325 e. The van der Waals surface area contributed by atoms with Gasteiger partial charge in [0.1, 0.15) is 6.04 Å². The smallest absolute Gasteiger partial charge is 0.257 e. The van der Waals surface area contributed by atoms with E-state index in [1.165, 1.54) is 24.2 Å². The topological polar surface area (TPSA) is 70.6 Å². The molecule has 7 rings (SSSR count). The van der Waals surface area contributed by atoms with Crippen molar-refractivity contribution in [3.8, 4) is 0 Å². The second-order valence-electron chi connectivity index (χ2n) is 11.1. The Bertz CT molecular complexity index is 1090. The number of carbonyl (C=O) groups excluding carboxylic acids is 3. The monoisotopic (exact) mass is 457 g/mol. The first kappa shape index (κ1) is 21.5. The standard InChI is InChI=1S/C28H31N3O3/c1-18-4-6-23(7-5-18)31-25(32)12-24(26(31)33)30(17-19-3-2-8-29-16-19)27(34)28-13-20-9-21(14-28)11-22(10-20)15-28/h2-8,16,20-22,24H,9-15,17H2,1H3. The van der Waals surface area contributed by atoms with Crippen molar-refractivity contribution in [1.29, 1.82) is 0 Å². The van der Waals surface area contributed by atoms with E-state index >= 15 is 0 Å². The Morgan fingerprint density at radius 3 is 2.26 bits per heavy atom. The van der Waals surface area contributed by atoms with Crippen LogP contribution in [0.3, 0.4) is 0 Å². The van der Waals surface area contributed by atoms with Gasteiger partial charge in [-0.25, -0.2) is 4.90 Å². The van der Waals surface area contributed by atoms with Crippen molar-refractivity contribution >= 4 is 23.4 Å². The zero-order valence-electron chi connectivity index (χ0n) is 19.7.